The van der Waals surface area contributed by atoms with Crippen LogP contribution in [-0.2, 0) is 0 Å². The van der Waals surface area contributed by atoms with Crippen LogP contribution in [-0.4, -0.2) is 18.1 Å². The Morgan fingerprint density at radius 1 is 1.06 bits per heavy atom. The molecule has 0 bridgehead atoms. The van der Waals surface area contributed by atoms with E-state index in [0.717, 1.165) is 24.0 Å². The van der Waals surface area contributed by atoms with Crippen LogP contribution in [0.4, 0.5) is 5.82 Å². The molecule has 1 heterocycles. The summed E-state index contributed by atoms with van der Waals surface area (Å²) in [6, 6.07) is 11.2. The maximum Gasteiger partial charge on any atom is 0.220 e. The molecule has 0 aliphatic heterocycles. The second-order valence-corrected chi connectivity index (χ2v) is 3.86. The molecule has 0 radical (unpaired) electrons. The van der Waals surface area contributed by atoms with Gasteiger partial charge in [-0.1, -0.05) is 18.2 Å². The highest BCUT2D eigenvalue weighted by molar-refractivity contribution is 5.78. The third-order valence-corrected chi connectivity index (χ3v) is 2.86. The highest BCUT2D eigenvalue weighted by atomic mass is 16.1. The molecular weight excluding hydrogens is 212 g/mol. The molecule has 0 amide bonds. The van der Waals surface area contributed by atoms with Crippen molar-refractivity contribution in [3.05, 3.63) is 46.6 Å². The van der Waals surface area contributed by atoms with Gasteiger partial charge in [0.25, 0.3) is 0 Å². The Kier molecular flexibility index (Phi) is 3.38. The molecular formula is C14H16N2O. The van der Waals surface area contributed by atoms with Gasteiger partial charge in [-0.25, -0.2) is 4.98 Å². The quantitative estimate of drug-likeness (QED) is 0.809. The Hall–Kier alpha value is -1.90. The van der Waals surface area contributed by atoms with Crippen molar-refractivity contribution in [3.63, 3.8) is 0 Å². The number of hydrogen-bond donors (Lipinski definition) is 0. The fourth-order valence-electron chi connectivity index (χ4n) is 1.89. The van der Waals surface area contributed by atoms with Gasteiger partial charge >= 0.3 is 0 Å². The average molecular weight is 228 g/mol. The van der Waals surface area contributed by atoms with Gasteiger partial charge in [0.05, 0.1) is 5.52 Å². The van der Waals surface area contributed by atoms with Crippen molar-refractivity contribution in [2.75, 3.05) is 18.0 Å². The lowest BCUT2D eigenvalue weighted by molar-refractivity contribution is 0.846. The topological polar surface area (TPSA) is 33.2 Å². The van der Waals surface area contributed by atoms with Crippen molar-refractivity contribution in [3.8, 4) is 0 Å². The fraction of sp³-hybridized carbons (Fsp3) is 0.286. The summed E-state index contributed by atoms with van der Waals surface area (Å²) < 4.78 is 0. The van der Waals surface area contributed by atoms with Crippen LogP contribution in [0.15, 0.2) is 41.2 Å². The number of rotatable bonds is 3. The fourth-order valence-corrected chi connectivity index (χ4v) is 1.89. The normalized spacial score (nSPS) is 10.5. The third-order valence-electron chi connectivity index (χ3n) is 2.86. The number of benzene rings is 1. The number of nitrogens with zero attached hydrogens (tertiary/aromatic N) is 2. The Morgan fingerprint density at radius 3 is 2.47 bits per heavy atom. The summed E-state index contributed by atoms with van der Waals surface area (Å²) >= 11 is 0. The predicted octanol–water partition coefficient (Wildman–Crippen LogP) is 2.44. The van der Waals surface area contributed by atoms with Gasteiger partial charge in [0.1, 0.15) is 0 Å². The van der Waals surface area contributed by atoms with Crippen LogP contribution < -0.4 is 10.3 Å². The second-order valence-electron chi connectivity index (χ2n) is 3.86. The molecule has 3 nitrogen and oxygen atoms in total. The Morgan fingerprint density at radius 2 is 1.76 bits per heavy atom. The summed E-state index contributed by atoms with van der Waals surface area (Å²) in [6.45, 7) is 5.63. The number of hydrogen-bond acceptors (Lipinski definition) is 3. The van der Waals surface area contributed by atoms with E-state index in [-0.39, 0.29) is 5.43 Å². The maximum atomic E-state index is 12.0. The van der Waals surface area contributed by atoms with Crippen molar-refractivity contribution < 1.29 is 0 Å². The van der Waals surface area contributed by atoms with Gasteiger partial charge in [-0.15, -0.1) is 0 Å². The van der Waals surface area contributed by atoms with Crippen molar-refractivity contribution in [2.45, 2.75) is 13.8 Å². The standard InChI is InChI=1S/C14H16N2O/c1-3-16(4-2)14-13(17)10-9-11-7-5-6-8-12(11)15-14/h5-10H,3-4H2,1-2H3. The zero-order valence-electron chi connectivity index (χ0n) is 10.2. The Balaban J connectivity index is 2.71. The van der Waals surface area contributed by atoms with Crippen molar-refractivity contribution >= 4 is 16.7 Å². The van der Waals surface area contributed by atoms with Crippen LogP contribution in [0.25, 0.3) is 10.9 Å². The van der Waals surface area contributed by atoms with Gasteiger partial charge in [-0.05, 0) is 32.0 Å². The van der Waals surface area contributed by atoms with Gasteiger partial charge in [0, 0.05) is 18.5 Å². The SMILES string of the molecule is CCN(CC)c1nc2ccccc2ccc1=O. The summed E-state index contributed by atoms with van der Waals surface area (Å²) in [5.74, 6) is 0.538. The molecule has 1 aromatic carbocycles. The van der Waals surface area contributed by atoms with Gasteiger partial charge in [-0.3, -0.25) is 4.79 Å². The van der Waals surface area contributed by atoms with E-state index < -0.39 is 0 Å². The maximum absolute atomic E-state index is 12.0. The largest absolute Gasteiger partial charge is 0.354 e. The van der Waals surface area contributed by atoms with Crippen molar-refractivity contribution in [1.29, 1.82) is 0 Å². The lowest BCUT2D eigenvalue weighted by Gasteiger charge is -2.17. The predicted molar refractivity (Wildman–Crippen MR) is 71.6 cm³/mol. The molecule has 2 rings (SSSR count). The van der Waals surface area contributed by atoms with Gasteiger partial charge in [-0.2, -0.15) is 0 Å². The van der Waals surface area contributed by atoms with E-state index in [9.17, 15) is 4.79 Å². The summed E-state index contributed by atoms with van der Waals surface area (Å²) in [7, 11) is 0. The molecule has 0 aliphatic carbocycles. The van der Waals surface area contributed by atoms with Crippen LogP contribution in [0.5, 0.6) is 0 Å². The van der Waals surface area contributed by atoms with Crippen LogP contribution in [0.1, 0.15) is 13.8 Å². The first kappa shape index (κ1) is 11.6. The minimum absolute atomic E-state index is 0.0232. The third kappa shape index (κ3) is 2.28. The smallest absolute Gasteiger partial charge is 0.220 e. The van der Waals surface area contributed by atoms with Gasteiger partial charge < -0.3 is 4.90 Å². The van der Waals surface area contributed by atoms with Crippen molar-refractivity contribution in [1.82, 2.24) is 4.98 Å². The van der Waals surface area contributed by atoms with Gasteiger partial charge in [0.15, 0.2) is 5.82 Å². The van der Waals surface area contributed by atoms with E-state index in [2.05, 4.69) is 4.98 Å². The Labute approximate surface area is 101 Å². The lowest BCUT2D eigenvalue weighted by Crippen LogP contribution is -2.27. The highest BCUT2D eigenvalue weighted by Gasteiger charge is 2.07. The molecule has 2 aromatic rings. The van der Waals surface area contributed by atoms with E-state index in [1.165, 1.54) is 0 Å². The number of aromatic nitrogens is 1. The first-order valence-corrected chi connectivity index (χ1v) is 5.91. The first-order chi connectivity index (χ1) is 8.26. The zero-order valence-corrected chi connectivity index (χ0v) is 10.2. The zero-order chi connectivity index (χ0) is 12.3. The molecule has 0 saturated carbocycles. The Bertz CT molecular complexity index is 577. The van der Waals surface area contributed by atoms with Crippen LogP contribution in [0.2, 0.25) is 0 Å². The van der Waals surface area contributed by atoms with Crippen LogP contribution in [0.3, 0.4) is 0 Å². The van der Waals surface area contributed by atoms with Crippen LogP contribution in [0, 0.1) is 0 Å². The summed E-state index contributed by atoms with van der Waals surface area (Å²) in [4.78, 5) is 18.5. The monoisotopic (exact) mass is 228 g/mol. The number of anilines is 1. The molecule has 0 unspecified atom stereocenters. The minimum Gasteiger partial charge on any atom is -0.354 e. The average Bonchev–Trinajstić information content (AvgIpc) is 2.52. The molecule has 0 fully saturated rings. The molecule has 0 N–H and O–H groups in total. The summed E-state index contributed by atoms with van der Waals surface area (Å²) in [5, 5.41) is 0.989. The highest BCUT2D eigenvalue weighted by Crippen LogP contribution is 2.12. The molecule has 88 valence electrons. The first-order valence-electron chi connectivity index (χ1n) is 5.91. The molecule has 3 heteroatoms. The summed E-state index contributed by atoms with van der Waals surface area (Å²) in [6.07, 6.45) is 0. The molecule has 0 spiro atoms. The summed E-state index contributed by atoms with van der Waals surface area (Å²) in [5.41, 5.74) is 0.835. The lowest BCUT2D eigenvalue weighted by atomic mass is 10.2. The molecule has 0 aliphatic rings. The van der Waals surface area contributed by atoms with E-state index in [4.69, 9.17) is 0 Å². The molecule has 0 atom stereocenters. The number of fused-ring (bicyclic) bond motifs is 1. The van der Waals surface area contributed by atoms with E-state index in [1.807, 2.05) is 49.1 Å². The van der Waals surface area contributed by atoms with Gasteiger partial charge in [0.2, 0.25) is 5.43 Å². The number of para-hydroxylation sites is 1. The molecule has 1 aromatic heterocycles. The van der Waals surface area contributed by atoms with Crippen LogP contribution >= 0.6 is 0 Å². The molecule has 17 heavy (non-hydrogen) atoms. The minimum atomic E-state index is -0.0232. The van der Waals surface area contributed by atoms with E-state index >= 15 is 0 Å². The second kappa shape index (κ2) is 4.95. The van der Waals surface area contributed by atoms with Crippen molar-refractivity contribution in [2.24, 2.45) is 0 Å². The molecule has 0 saturated heterocycles. The van der Waals surface area contributed by atoms with E-state index in [1.54, 1.807) is 6.07 Å². The van der Waals surface area contributed by atoms with E-state index in [0.29, 0.717) is 5.82 Å².